The van der Waals surface area contributed by atoms with Gasteiger partial charge in [0.15, 0.2) is 0 Å². The molecule has 2 amide bonds. The monoisotopic (exact) mass is 400 g/mol. The summed E-state index contributed by atoms with van der Waals surface area (Å²) in [6, 6.07) is 12.8. The Morgan fingerprint density at radius 2 is 2.11 bits per heavy atom. The molecule has 2 atom stereocenters. The van der Waals surface area contributed by atoms with Gasteiger partial charge in [-0.05, 0) is 43.2 Å². The maximum Gasteiger partial charge on any atom is 0.248 e. The van der Waals surface area contributed by atoms with Gasteiger partial charge in [0, 0.05) is 23.9 Å². The molecule has 28 heavy (non-hydrogen) atoms. The highest BCUT2D eigenvalue weighted by Gasteiger charge is 2.52. The number of anilines is 1. The topological polar surface area (TPSA) is 58.6 Å². The average molecular weight is 400 g/mol. The van der Waals surface area contributed by atoms with Gasteiger partial charge in [-0.25, -0.2) is 4.39 Å². The van der Waals surface area contributed by atoms with Crippen LogP contribution in [0, 0.1) is 5.82 Å². The number of amides is 2. The molecule has 0 saturated carbocycles. The molecule has 146 valence electrons. The van der Waals surface area contributed by atoms with E-state index in [1.54, 1.807) is 53.1 Å². The molecular weight excluding hydrogens is 379 g/mol. The summed E-state index contributed by atoms with van der Waals surface area (Å²) < 4.78 is 18.7. The van der Waals surface area contributed by atoms with Gasteiger partial charge in [-0.1, -0.05) is 18.2 Å². The number of ether oxygens (including phenoxy) is 1. The molecule has 2 aliphatic rings. The van der Waals surface area contributed by atoms with Crippen molar-refractivity contribution in [1.82, 2.24) is 4.90 Å². The summed E-state index contributed by atoms with van der Waals surface area (Å²) in [5, 5.41) is 2.90. The van der Waals surface area contributed by atoms with Crippen LogP contribution in [-0.4, -0.2) is 33.4 Å². The number of nitrogens with zero attached hydrogens (tertiary/aromatic N) is 1. The number of rotatable bonds is 5. The highest BCUT2D eigenvalue weighted by molar-refractivity contribution is 8.01. The fraction of sp³-hybridized carbons (Fsp3) is 0.333. The smallest absolute Gasteiger partial charge is 0.248 e. The highest BCUT2D eigenvalue weighted by atomic mass is 32.2. The molecule has 0 unspecified atom stereocenters. The van der Waals surface area contributed by atoms with Gasteiger partial charge in [-0.2, -0.15) is 0 Å². The van der Waals surface area contributed by atoms with E-state index in [1.165, 1.54) is 12.1 Å². The summed E-state index contributed by atoms with van der Waals surface area (Å²) in [5.74, 6) is 0.789. The molecule has 0 radical (unpaired) electrons. The number of benzene rings is 2. The van der Waals surface area contributed by atoms with Crippen molar-refractivity contribution in [3.05, 3.63) is 59.9 Å². The van der Waals surface area contributed by atoms with E-state index in [0.717, 1.165) is 12.0 Å². The zero-order valence-electron chi connectivity index (χ0n) is 15.5. The van der Waals surface area contributed by atoms with Gasteiger partial charge in [-0.3, -0.25) is 9.59 Å². The summed E-state index contributed by atoms with van der Waals surface area (Å²) >= 11 is 1.67. The molecule has 5 nitrogen and oxygen atoms in total. The van der Waals surface area contributed by atoms with Crippen LogP contribution in [0.1, 0.15) is 25.3 Å². The van der Waals surface area contributed by atoms with Crippen LogP contribution in [0.3, 0.4) is 0 Å². The van der Waals surface area contributed by atoms with E-state index in [1.807, 2.05) is 6.92 Å². The number of thioether (sulfide) groups is 1. The number of nitrogens with one attached hydrogen (secondary N) is 1. The minimum absolute atomic E-state index is 0.0454. The Morgan fingerprint density at radius 1 is 1.32 bits per heavy atom. The Bertz CT molecular complexity index is 905. The molecule has 2 aromatic carbocycles. The first kappa shape index (κ1) is 18.8. The molecule has 2 aromatic rings. The van der Waals surface area contributed by atoms with Gasteiger partial charge in [0.2, 0.25) is 11.8 Å². The Morgan fingerprint density at radius 3 is 2.89 bits per heavy atom. The van der Waals surface area contributed by atoms with Gasteiger partial charge in [-0.15, -0.1) is 11.8 Å². The maximum absolute atomic E-state index is 13.0. The molecule has 7 heteroatoms. The Labute approximate surface area is 167 Å². The van der Waals surface area contributed by atoms with E-state index >= 15 is 0 Å². The van der Waals surface area contributed by atoms with Crippen molar-refractivity contribution in [3.63, 3.8) is 0 Å². The molecule has 2 fully saturated rings. The molecule has 1 N–H and O–H groups in total. The lowest BCUT2D eigenvalue weighted by atomic mass is 10.2. The van der Waals surface area contributed by atoms with E-state index in [9.17, 15) is 14.0 Å². The van der Waals surface area contributed by atoms with Crippen molar-refractivity contribution in [1.29, 1.82) is 0 Å². The quantitative estimate of drug-likeness (QED) is 0.830. The second kappa shape index (κ2) is 7.47. The van der Waals surface area contributed by atoms with Gasteiger partial charge in [0.05, 0.1) is 4.87 Å². The normalized spacial score (nSPS) is 23.6. The molecule has 2 heterocycles. The number of carbonyl (C=O) groups excluding carboxylic acids is 2. The first-order chi connectivity index (χ1) is 13.4. The number of carbonyl (C=O) groups is 2. The second-order valence-corrected chi connectivity index (χ2v) is 8.70. The average Bonchev–Trinajstić information content (AvgIpc) is 3.17. The molecule has 2 aliphatic heterocycles. The predicted octanol–water partition coefficient (Wildman–Crippen LogP) is 3.80. The lowest BCUT2D eigenvalue weighted by Crippen LogP contribution is -2.48. The fourth-order valence-corrected chi connectivity index (χ4v) is 5.08. The number of hydrogen-bond acceptors (Lipinski definition) is 4. The SMILES string of the molecule is C[C@@]12CCC(=O)N1[C@@H](C(=O)Nc1cccc(OCc3ccc(F)cc3)c1)CS2. The van der Waals surface area contributed by atoms with Crippen LogP contribution in [0.2, 0.25) is 0 Å². The second-order valence-electron chi connectivity index (χ2n) is 7.20. The van der Waals surface area contributed by atoms with Gasteiger partial charge < -0.3 is 15.0 Å². The van der Waals surface area contributed by atoms with Gasteiger partial charge >= 0.3 is 0 Å². The van der Waals surface area contributed by atoms with Crippen molar-refractivity contribution in [2.45, 2.75) is 37.3 Å². The van der Waals surface area contributed by atoms with Crippen LogP contribution in [0.4, 0.5) is 10.1 Å². The summed E-state index contributed by atoms with van der Waals surface area (Å²) in [7, 11) is 0. The molecule has 0 spiro atoms. The largest absolute Gasteiger partial charge is 0.489 e. The van der Waals surface area contributed by atoms with Crippen LogP contribution >= 0.6 is 11.8 Å². The van der Waals surface area contributed by atoms with Gasteiger partial charge in [0.1, 0.15) is 24.2 Å². The van der Waals surface area contributed by atoms with Crippen LogP contribution < -0.4 is 10.1 Å². The van der Waals surface area contributed by atoms with Crippen molar-refractivity contribution in [2.24, 2.45) is 0 Å². The molecule has 0 bridgehead atoms. The highest BCUT2D eigenvalue weighted by Crippen LogP contribution is 2.47. The first-order valence-electron chi connectivity index (χ1n) is 9.19. The minimum Gasteiger partial charge on any atom is -0.489 e. The van der Waals surface area contributed by atoms with Crippen LogP contribution in [0.5, 0.6) is 5.75 Å². The summed E-state index contributed by atoms with van der Waals surface area (Å²) in [5.41, 5.74) is 1.47. The molecular formula is C21H21FN2O3S. The number of hydrogen-bond donors (Lipinski definition) is 1. The third-order valence-electron chi connectivity index (χ3n) is 5.17. The molecule has 0 aromatic heterocycles. The predicted molar refractivity (Wildman–Crippen MR) is 107 cm³/mol. The molecule has 0 aliphatic carbocycles. The lowest BCUT2D eigenvalue weighted by Gasteiger charge is -2.29. The van der Waals surface area contributed by atoms with Crippen molar-refractivity contribution < 1.29 is 18.7 Å². The van der Waals surface area contributed by atoms with E-state index in [4.69, 9.17) is 4.74 Å². The molecule has 4 rings (SSSR count). The van der Waals surface area contributed by atoms with Crippen molar-refractivity contribution >= 4 is 29.3 Å². The Kier molecular flexibility index (Phi) is 5.02. The maximum atomic E-state index is 13.0. The van der Waals surface area contributed by atoms with Crippen LogP contribution in [0.25, 0.3) is 0 Å². The molecule has 2 saturated heterocycles. The van der Waals surface area contributed by atoms with Crippen LogP contribution in [-0.2, 0) is 16.2 Å². The summed E-state index contributed by atoms with van der Waals surface area (Å²) in [6.45, 7) is 2.33. The first-order valence-corrected chi connectivity index (χ1v) is 10.2. The Balaban J connectivity index is 1.40. The zero-order chi connectivity index (χ0) is 19.7. The zero-order valence-corrected chi connectivity index (χ0v) is 16.3. The summed E-state index contributed by atoms with van der Waals surface area (Å²) in [4.78, 5) is 26.5. The van der Waals surface area contributed by atoms with Crippen molar-refractivity contribution in [3.8, 4) is 5.75 Å². The summed E-state index contributed by atoms with van der Waals surface area (Å²) in [6.07, 6.45) is 1.28. The van der Waals surface area contributed by atoms with Crippen molar-refractivity contribution in [2.75, 3.05) is 11.1 Å². The fourth-order valence-electron chi connectivity index (χ4n) is 3.65. The third kappa shape index (κ3) is 3.71. The minimum atomic E-state index is -0.450. The Hall–Kier alpha value is -2.54. The standard InChI is InChI=1S/C21H21FN2O3S/c1-21-10-9-19(25)24(21)18(13-28-21)20(26)23-16-3-2-4-17(11-16)27-12-14-5-7-15(22)8-6-14/h2-8,11,18H,9-10,12-13H2,1H3,(H,23,26)/t18-,21-/m1/s1. The lowest BCUT2D eigenvalue weighted by molar-refractivity contribution is -0.135. The van der Waals surface area contributed by atoms with E-state index in [0.29, 0.717) is 30.2 Å². The van der Waals surface area contributed by atoms with Crippen LogP contribution in [0.15, 0.2) is 48.5 Å². The third-order valence-corrected chi connectivity index (χ3v) is 6.67. The van der Waals surface area contributed by atoms with Gasteiger partial charge in [0.25, 0.3) is 0 Å². The van der Waals surface area contributed by atoms with E-state index in [2.05, 4.69) is 5.32 Å². The van der Waals surface area contributed by atoms with E-state index < -0.39 is 6.04 Å². The number of fused-ring (bicyclic) bond motifs is 1. The number of halogens is 1. The van der Waals surface area contributed by atoms with E-state index in [-0.39, 0.29) is 22.5 Å².